The van der Waals surface area contributed by atoms with E-state index in [4.69, 9.17) is 0 Å². The van der Waals surface area contributed by atoms with E-state index < -0.39 is 0 Å². The molecule has 1 fully saturated rings. The molecule has 1 N–H and O–H groups in total. The molecule has 0 aromatic carbocycles. The van der Waals surface area contributed by atoms with Crippen LogP contribution in [0.3, 0.4) is 0 Å². The maximum absolute atomic E-state index is 11.6. The standard InChI is InChI=1S/C10H20N2O/c1-4-10(13)12-6-5-11-7-9(12)8(2)3/h8-9,11H,4-7H2,1-3H3/t9-/m0/s1. The van der Waals surface area contributed by atoms with Gasteiger partial charge in [-0.2, -0.15) is 0 Å². The van der Waals surface area contributed by atoms with Crippen LogP contribution in [0.2, 0.25) is 0 Å². The third kappa shape index (κ3) is 2.44. The van der Waals surface area contributed by atoms with Gasteiger partial charge in [0.15, 0.2) is 0 Å². The van der Waals surface area contributed by atoms with Crippen molar-refractivity contribution in [2.75, 3.05) is 19.6 Å². The smallest absolute Gasteiger partial charge is 0.222 e. The summed E-state index contributed by atoms with van der Waals surface area (Å²) in [5.74, 6) is 0.837. The van der Waals surface area contributed by atoms with Crippen LogP contribution >= 0.6 is 0 Å². The first-order chi connectivity index (χ1) is 6.16. The molecule has 3 nitrogen and oxygen atoms in total. The summed E-state index contributed by atoms with van der Waals surface area (Å²) in [6.45, 7) is 9.04. The number of rotatable bonds is 2. The largest absolute Gasteiger partial charge is 0.337 e. The molecular weight excluding hydrogens is 164 g/mol. The molecular formula is C10H20N2O. The van der Waals surface area contributed by atoms with E-state index in [1.807, 2.05) is 11.8 Å². The maximum atomic E-state index is 11.6. The number of carbonyl (C=O) groups excluding carboxylic acids is 1. The van der Waals surface area contributed by atoms with Gasteiger partial charge in [-0.05, 0) is 5.92 Å². The van der Waals surface area contributed by atoms with Crippen molar-refractivity contribution in [3.63, 3.8) is 0 Å². The van der Waals surface area contributed by atoms with E-state index in [-0.39, 0.29) is 0 Å². The Kier molecular flexibility index (Phi) is 3.72. The molecule has 0 aliphatic carbocycles. The summed E-state index contributed by atoms with van der Waals surface area (Å²) < 4.78 is 0. The Morgan fingerprint density at radius 3 is 2.85 bits per heavy atom. The van der Waals surface area contributed by atoms with Crippen molar-refractivity contribution in [1.29, 1.82) is 0 Å². The van der Waals surface area contributed by atoms with Crippen LogP contribution < -0.4 is 5.32 Å². The van der Waals surface area contributed by atoms with Gasteiger partial charge in [0.25, 0.3) is 0 Å². The molecule has 0 saturated carbocycles. The fourth-order valence-electron chi connectivity index (χ4n) is 1.83. The third-order valence-electron chi connectivity index (χ3n) is 2.68. The molecule has 0 aromatic heterocycles. The first kappa shape index (κ1) is 10.5. The highest BCUT2D eigenvalue weighted by Gasteiger charge is 2.27. The van der Waals surface area contributed by atoms with E-state index in [1.165, 1.54) is 0 Å². The minimum atomic E-state index is 0.292. The van der Waals surface area contributed by atoms with Crippen molar-refractivity contribution < 1.29 is 4.79 Å². The second kappa shape index (κ2) is 4.61. The van der Waals surface area contributed by atoms with Crippen LogP contribution in [0.4, 0.5) is 0 Å². The fourth-order valence-corrected chi connectivity index (χ4v) is 1.83. The lowest BCUT2D eigenvalue weighted by Gasteiger charge is -2.38. The Morgan fingerprint density at radius 1 is 1.62 bits per heavy atom. The van der Waals surface area contributed by atoms with E-state index in [2.05, 4.69) is 19.2 Å². The zero-order valence-electron chi connectivity index (χ0n) is 8.84. The van der Waals surface area contributed by atoms with E-state index in [9.17, 15) is 4.79 Å². The van der Waals surface area contributed by atoms with Crippen molar-refractivity contribution in [1.82, 2.24) is 10.2 Å². The average molecular weight is 184 g/mol. The van der Waals surface area contributed by atoms with Gasteiger partial charge in [0.1, 0.15) is 0 Å². The number of carbonyl (C=O) groups is 1. The Hall–Kier alpha value is -0.570. The number of nitrogens with zero attached hydrogens (tertiary/aromatic N) is 1. The van der Waals surface area contributed by atoms with Crippen LogP contribution in [0.5, 0.6) is 0 Å². The van der Waals surface area contributed by atoms with Gasteiger partial charge in [-0.1, -0.05) is 20.8 Å². The maximum Gasteiger partial charge on any atom is 0.222 e. The summed E-state index contributed by atoms with van der Waals surface area (Å²) in [7, 11) is 0. The zero-order chi connectivity index (χ0) is 9.84. The Balaban J connectivity index is 2.61. The molecule has 1 amide bonds. The number of piperazine rings is 1. The summed E-state index contributed by atoms with van der Waals surface area (Å²) in [5.41, 5.74) is 0. The van der Waals surface area contributed by atoms with Crippen LogP contribution in [0.25, 0.3) is 0 Å². The van der Waals surface area contributed by atoms with Crippen molar-refractivity contribution in [2.24, 2.45) is 5.92 Å². The summed E-state index contributed by atoms with van der Waals surface area (Å²) in [5, 5.41) is 3.33. The number of amides is 1. The number of hydrogen-bond donors (Lipinski definition) is 1. The Labute approximate surface area is 80.5 Å². The topological polar surface area (TPSA) is 32.3 Å². The Morgan fingerprint density at radius 2 is 2.31 bits per heavy atom. The minimum Gasteiger partial charge on any atom is -0.337 e. The molecule has 3 heteroatoms. The molecule has 1 aliphatic rings. The summed E-state index contributed by atoms with van der Waals surface area (Å²) >= 11 is 0. The van der Waals surface area contributed by atoms with Gasteiger partial charge >= 0.3 is 0 Å². The fraction of sp³-hybridized carbons (Fsp3) is 0.900. The first-order valence-electron chi connectivity index (χ1n) is 5.17. The Bertz CT molecular complexity index is 180. The molecule has 1 atom stereocenters. The molecule has 0 spiro atoms. The molecule has 0 unspecified atom stereocenters. The second-order valence-electron chi connectivity index (χ2n) is 3.96. The van der Waals surface area contributed by atoms with Gasteiger partial charge in [0.05, 0.1) is 0 Å². The van der Waals surface area contributed by atoms with E-state index in [1.54, 1.807) is 0 Å². The van der Waals surface area contributed by atoms with E-state index in [0.29, 0.717) is 24.3 Å². The molecule has 1 rings (SSSR count). The molecule has 76 valence electrons. The highest BCUT2D eigenvalue weighted by Crippen LogP contribution is 2.13. The highest BCUT2D eigenvalue weighted by atomic mass is 16.2. The molecule has 13 heavy (non-hydrogen) atoms. The second-order valence-corrected chi connectivity index (χ2v) is 3.96. The van der Waals surface area contributed by atoms with Gasteiger partial charge in [0.2, 0.25) is 5.91 Å². The summed E-state index contributed by atoms with van der Waals surface area (Å²) in [6.07, 6.45) is 0.628. The minimum absolute atomic E-state index is 0.292. The van der Waals surface area contributed by atoms with Crippen molar-refractivity contribution in [2.45, 2.75) is 33.2 Å². The number of nitrogens with one attached hydrogen (secondary N) is 1. The van der Waals surface area contributed by atoms with Crippen LogP contribution in [-0.2, 0) is 4.79 Å². The predicted molar refractivity (Wildman–Crippen MR) is 53.5 cm³/mol. The molecule has 1 saturated heterocycles. The lowest BCUT2D eigenvalue weighted by molar-refractivity contribution is -0.135. The zero-order valence-corrected chi connectivity index (χ0v) is 8.84. The third-order valence-corrected chi connectivity index (χ3v) is 2.68. The summed E-state index contributed by atoms with van der Waals surface area (Å²) in [4.78, 5) is 13.6. The molecule has 0 aromatic rings. The van der Waals surface area contributed by atoms with E-state index in [0.717, 1.165) is 19.6 Å². The summed E-state index contributed by atoms with van der Waals surface area (Å²) in [6, 6.07) is 0.390. The van der Waals surface area contributed by atoms with Crippen molar-refractivity contribution in [3.8, 4) is 0 Å². The monoisotopic (exact) mass is 184 g/mol. The van der Waals surface area contributed by atoms with Crippen LogP contribution in [0, 0.1) is 5.92 Å². The lowest BCUT2D eigenvalue weighted by Crippen LogP contribution is -2.55. The molecule has 1 aliphatic heterocycles. The van der Waals surface area contributed by atoms with Gasteiger partial charge in [-0.25, -0.2) is 0 Å². The van der Waals surface area contributed by atoms with Gasteiger partial charge in [0, 0.05) is 32.1 Å². The van der Waals surface area contributed by atoms with E-state index >= 15 is 0 Å². The molecule has 0 radical (unpaired) electrons. The first-order valence-corrected chi connectivity index (χ1v) is 5.17. The van der Waals surface area contributed by atoms with Crippen molar-refractivity contribution in [3.05, 3.63) is 0 Å². The van der Waals surface area contributed by atoms with Gasteiger partial charge < -0.3 is 10.2 Å². The predicted octanol–water partition coefficient (Wildman–Crippen LogP) is 0.853. The normalized spacial score (nSPS) is 23.7. The molecule has 0 bridgehead atoms. The van der Waals surface area contributed by atoms with Gasteiger partial charge in [-0.15, -0.1) is 0 Å². The SMILES string of the molecule is CCC(=O)N1CCNC[C@H]1C(C)C. The van der Waals surface area contributed by atoms with Crippen molar-refractivity contribution >= 4 is 5.91 Å². The van der Waals surface area contributed by atoms with Gasteiger partial charge in [-0.3, -0.25) is 4.79 Å². The average Bonchev–Trinajstić information content (AvgIpc) is 2.16. The quantitative estimate of drug-likeness (QED) is 0.690. The highest BCUT2D eigenvalue weighted by molar-refractivity contribution is 5.76. The van der Waals surface area contributed by atoms with Crippen LogP contribution in [-0.4, -0.2) is 36.5 Å². The lowest BCUT2D eigenvalue weighted by atomic mass is 10.0. The molecule has 1 heterocycles. The van der Waals surface area contributed by atoms with Crippen LogP contribution in [0.15, 0.2) is 0 Å². The number of hydrogen-bond acceptors (Lipinski definition) is 2. The van der Waals surface area contributed by atoms with Crippen LogP contribution in [0.1, 0.15) is 27.2 Å².